The molecule has 0 saturated heterocycles. The standard InChI is InChI=1S/C10H14ClNO2.C2H6/c1-7-5-8(11)10(6-9(7)12)14-4-3-13-2;1-2/h5-6H,3-4,12H2,1-2H3;1-2H3. The van der Waals surface area contributed by atoms with Gasteiger partial charge < -0.3 is 15.2 Å². The van der Waals surface area contributed by atoms with Gasteiger partial charge in [0.1, 0.15) is 12.4 Å². The van der Waals surface area contributed by atoms with Crippen molar-refractivity contribution in [1.29, 1.82) is 0 Å². The molecule has 4 heteroatoms. The lowest BCUT2D eigenvalue weighted by molar-refractivity contribution is 0.146. The molecule has 16 heavy (non-hydrogen) atoms. The van der Waals surface area contributed by atoms with Crippen molar-refractivity contribution < 1.29 is 9.47 Å². The smallest absolute Gasteiger partial charge is 0.140 e. The van der Waals surface area contributed by atoms with Crippen molar-refractivity contribution in [1.82, 2.24) is 0 Å². The molecular formula is C12H20ClNO2. The van der Waals surface area contributed by atoms with Gasteiger partial charge in [-0.1, -0.05) is 25.4 Å². The zero-order valence-corrected chi connectivity index (χ0v) is 11.1. The molecule has 0 amide bonds. The summed E-state index contributed by atoms with van der Waals surface area (Å²) in [6, 6.07) is 3.52. The van der Waals surface area contributed by atoms with Gasteiger partial charge in [-0.3, -0.25) is 0 Å². The topological polar surface area (TPSA) is 44.5 Å². The predicted octanol–water partition coefficient (Wildman–Crippen LogP) is 3.28. The Balaban J connectivity index is 0.00000106. The quantitative estimate of drug-likeness (QED) is 0.654. The Bertz CT molecular complexity index is 316. The molecule has 0 aliphatic heterocycles. The molecule has 0 atom stereocenters. The molecule has 1 rings (SSSR count). The highest BCUT2D eigenvalue weighted by Gasteiger charge is 2.04. The lowest BCUT2D eigenvalue weighted by atomic mass is 10.2. The Morgan fingerprint density at radius 3 is 2.44 bits per heavy atom. The van der Waals surface area contributed by atoms with Crippen molar-refractivity contribution >= 4 is 17.3 Å². The average Bonchev–Trinajstić information content (AvgIpc) is 2.28. The van der Waals surface area contributed by atoms with Crippen LogP contribution in [0.1, 0.15) is 19.4 Å². The summed E-state index contributed by atoms with van der Waals surface area (Å²) in [7, 11) is 1.62. The second kappa shape index (κ2) is 8.25. The Labute approximate surface area is 102 Å². The first-order valence-electron chi connectivity index (χ1n) is 5.32. The van der Waals surface area contributed by atoms with Gasteiger partial charge in [0.15, 0.2) is 0 Å². The lowest BCUT2D eigenvalue weighted by Gasteiger charge is -2.09. The van der Waals surface area contributed by atoms with Crippen LogP contribution < -0.4 is 10.5 Å². The number of anilines is 1. The molecule has 0 bridgehead atoms. The zero-order valence-electron chi connectivity index (χ0n) is 10.3. The molecule has 92 valence electrons. The summed E-state index contributed by atoms with van der Waals surface area (Å²) in [4.78, 5) is 0. The maximum Gasteiger partial charge on any atom is 0.140 e. The molecule has 2 N–H and O–H groups in total. The van der Waals surface area contributed by atoms with Gasteiger partial charge in [0.05, 0.1) is 11.6 Å². The molecule has 0 aromatic heterocycles. The van der Waals surface area contributed by atoms with Crippen LogP contribution in [0.5, 0.6) is 5.75 Å². The lowest BCUT2D eigenvalue weighted by Crippen LogP contribution is -2.05. The minimum atomic E-state index is 0.471. The molecule has 0 radical (unpaired) electrons. The first kappa shape index (κ1) is 15.1. The number of ether oxygens (including phenoxy) is 2. The van der Waals surface area contributed by atoms with E-state index in [4.69, 9.17) is 26.8 Å². The normalized spacial score (nSPS) is 9.31. The number of halogens is 1. The fourth-order valence-corrected chi connectivity index (χ4v) is 1.29. The number of benzene rings is 1. The molecule has 0 unspecified atom stereocenters. The van der Waals surface area contributed by atoms with Crippen molar-refractivity contribution in [3.63, 3.8) is 0 Å². The SMILES string of the molecule is CC.COCCOc1cc(N)c(C)cc1Cl. The molecule has 0 aliphatic rings. The summed E-state index contributed by atoms with van der Waals surface area (Å²) >= 11 is 5.96. The summed E-state index contributed by atoms with van der Waals surface area (Å²) < 4.78 is 10.2. The van der Waals surface area contributed by atoms with E-state index < -0.39 is 0 Å². The first-order valence-corrected chi connectivity index (χ1v) is 5.70. The number of methoxy groups -OCH3 is 1. The average molecular weight is 246 g/mol. The van der Waals surface area contributed by atoms with Gasteiger partial charge in [-0.15, -0.1) is 0 Å². The molecule has 3 nitrogen and oxygen atoms in total. The number of rotatable bonds is 4. The molecule has 0 heterocycles. The van der Waals surface area contributed by atoms with Gasteiger partial charge in [-0.25, -0.2) is 0 Å². The maximum absolute atomic E-state index is 5.96. The largest absolute Gasteiger partial charge is 0.490 e. The third kappa shape index (κ3) is 4.73. The molecule has 0 saturated carbocycles. The van der Waals surface area contributed by atoms with E-state index in [9.17, 15) is 0 Å². The van der Waals surface area contributed by atoms with Crippen molar-refractivity contribution in [3.05, 3.63) is 22.7 Å². The van der Waals surface area contributed by atoms with Gasteiger partial charge in [0.25, 0.3) is 0 Å². The predicted molar refractivity (Wildman–Crippen MR) is 69.3 cm³/mol. The molecule has 1 aromatic rings. The highest BCUT2D eigenvalue weighted by molar-refractivity contribution is 6.32. The number of hydrogen-bond acceptors (Lipinski definition) is 3. The van der Waals surface area contributed by atoms with Crippen LogP contribution >= 0.6 is 11.6 Å². The number of hydrogen-bond donors (Lipinski definition) is 1. The van der Waals surface area contributed by atoms with Crippen LogP contribution in [-0.4, -0.2) is 20.3 Å². The summed E-state index contributed by atoms with van der Waals surface area (Å²) in [5.41, 5.74) is 7.36. The van der Waals surface area contributed by atoms with E-state index >= 15 is 0 Å². The number of aryl methyl sites for hydroxylation is 1. The van der Waals surface area contributed by atoms with Crippen LogP contribution in [-0.2, 0) is 4.74 Å². The van der Waals surface area contributed by atoms with Crippen LogP contribution in [0.25, 0.3) is 0 Å². The van der Waals surface area contributed by atoms with Crippen LogP contribution in [0.15, 0.2) is 12.1 Å². The van der Waals surface area contributed by atoms with E-state index in [1.54, 1.807) is 19.2 Å². The number of nitrogen functional groups attached to an aromatic ring is 1. The third-order valence-electron chi connectivity index (χ3n) is 1.87. The van der Waals surface area contributed by atoms with Crippen molar-refractivity contribution in [2.24, 2.45) is 0 Å². The van der Waals surface area contributed by atoms with E-state index in [2.05, 4.69) is 0 Å². The molecule has 0 fully saturated rings. The van der Waals surface area contributed by atoms with E-state index in [1.807, 2.05) is 20.8 Å². The van der Waals surface area contributed by atoms with E-state index in [-0.39, 0.29) is 0 Å². The Hall–Kier alpha value is -0.930. The summed E-state index contributed by atoms with van der Waals surface area (Å²) in [5.74, 6) is 0.604. The van der Waals surface area contributed by atoms with Crippen molar-refractivity contribution in [3.8, 4) is 5.75 Å². The van der Waals surface area contributed by atoms with Gasteiger partial charge in [0, 0.05) is 18.9 Å². The van der Waals surface area contributed by atoms with Gasteiger partial charge in [-0.2, -0.15) is 0 Å². The third-order valence-corrected chi connectivity index (χ3v) is 2.16. The Morgan fingerprint density at radius 1 is 1.25 bits per heavy atom. The van der Waals surface area contributed by atoms with Gasteiger partial charge in [0.2, 0.25) is 0 Å². The van der Waals surface area contributed by atoms with Crippen LogP contribution in [0.2, 0.25) is 5.02 Å². The molecule has 1 aromatic carbocycles. The second-order valence-electron chi connectivity index (χ2n) is 2.98. The van der Waals surface area contributed by atoms with Crippen LogP contribution in [0.4, 0.5) is 5.69 Å². The Kier molecular flexibility index (Phi) is 7.77. The highest BCUT2D eigenvalue weighted by Crippen LogP contribution is 2.29. The fraction of sp³-hybridized carbons (Fsp3) is 0.500. The minimum absolute atomic E-state index is 0.471. The molecule has 0 aliphatic carbocycles. The summed E-state index contributed by atoms with van der Waals surface area (Å²) in [6.07, 6.45) is 0. The Morgan fingerprint density at radius 2 is 1.88 bits per heavy atom. The minimum Gasteiger partial charge on any atom is -0.490 e. The maximum atomic E-state index is 5.96. The zero-order chi connectivity index (χ0) is 12.6. The highest BCUT2D eigenvalue weighted by atomic mass is 35.5. The summed E-state index contributed by atoms with van der Waals surface area (Å²) in [5, 5.41) is 0.577. The van der Waals surface area contributed by atoms with Crippen molar-refractivity contribution in [2.75, 3.05) is 26.1 Å². The van der Waals surface area contributed by atoms with E-state index in [0.29, 0.717) is 29.7 Å². The molecular weight excluding hydrogens is 226 g/mol. The first-order chi connectivity index (χ1) is 7.65. The fourth-order valence-electron chi connectivity index (χ4n) is 1.01. The van der Waals surface area contributed by atoms with E-state index in [0.717, 1.165) is 5.56 Å². The second-order valence-corrected chi connectivity index (χ2v) is 3.39. The van der Waals surface area contributed by atoms with Gasteiger partial charge >= 0.3 is 0 Å². The molecule has 0 spiro atoms. The summed E-state index contributed by atoms with van der Waals surface area (Å²) in [6.45, 7) is 6.91. The van der Waals surface area contributed by atoms with Crippen LogP contribution in [0, 0.1) is 6.92 Å². The monoisotopic (exact) mass is 245 g/mol. The van der Waals surface area contributed by atoms with E-state index in [1.165, 1.54) is 0 Å². The van der Waals surface area contributed by atoms with Crippen LogP contribution in [0.3, 0.4) is 0 Å². The van der Waals surface area contributed by atoms with Crippen molar-refractivity contribution in [2.45, 2.75) is 20.8 Å². The van der Waals surface area contributed by atoms with Gasteiger partial charge in [-0.05, 0) is 18.6 Å². The number of nitrogens with two attached hydrogens (primary N) is 1.